The van der Waals surface area contributed by atoms with Crippen molar-refractivity contribution in [3.63, 3.8) is 0 Å². The van der Waals surface area contributed by atoms with Crippen LogP contribution in [-0.2, 0) is 11.3 Å². The third-order valence-electron chi connectivity index (χ3n) is 8.42. The van der Waals surface area contributed by atoms with Crippen LogP contribution in [0.1, 0.15) is 35.7 Å². The molecule has 1 aliphatic heterocycles. The van der Waals surface area contributed by atoms with E-state index in [1.807, 2.05) is 42.5 Å². The lowest BCUT2D eigenvalue weighted by Crippen LogP contribution is -2.41. The van der Waals surface area contributed by atoms with Crippen LogP contribution >= 0.6 is 23.2 Å². The van der Waals surface area contributed by atoms with Gasteiger partial charge in [0.1, 0.15) is 5.69 Å². The fourth-order valence-electron chi connectivity index (χ4n) is 5.55. The lowest BCUT2D eigenvalue weighted by atomic mass is 9.96. The number of amides is 3. The molecule has 2 aliphatic rings. The van der Waals surface area contributed by atoms with Crippen LogP contribution in [0.3, 0.4) is 0 Å². The van der Waals surface area contributed by atoms with Gasteiger partial charge in [0.2, 0.25) is 0 Å². The van der Waals surface area contributed by atoms with Gasteiger partial charge in [-0.05, 0) is 66.8 Å². The van der Waals surface area contributed by atoms with E-state index in [0.717, 1.165) is 54.9 Å². The summed E-state index contributed by atoms with van der Waals surface area (Å²) < 4.78 is 6.70. The molecule has 12 nitrogen and oxygen atoms in total. The van der Waals surface area contributed by atoms with Crippen molar-refractivity contribution >= 4 is 52.2 Å². The van der Waals surface area contributed by atoms with Crippen LogP contribution in [0.25, 0.3) is 28.1 Å². The predicted octanol–water partition coefficient (Wildman–Crippen LogP) is 5.73. The summed E-state index contributed by atoms with van der Waals surface area (Å²) in [6.07, 6.45) is 4.88. The first-order valence-corrected chi connectivity index (χ1v) is 17.2. The average Bonchev–Trinajstić information content (AvgIpc) is 3.95. The number of urea groups is 1. The number of rotatable bonds is 12. The molecule has 4 N–H and O–H groups in total. The quantitative estimate of drug-likeness (QED) is 0.146. The van der Waals surface area contributed by atoms with Crippen molar-refractivity contribution < 1.29 is 14.3 Å². The molecule has 1 saturated carbocycles. The highest BCUT2D eigenvalue weighted by molar-refractivity contribution is 6.39. The first-order chi connectivity index (χ1) is 24.2. The molecule has 2 aromatic heterocycles. The second-order valence-corrected chi connectivity index (χ2v) is 12.9. The molecule has 3 heterocycles. The van der Waals surface area contributed by atoms with Gasteiger partial charge in [0.25, 0.3) is 11.5 Å². The number of carbonyl (C=O) groups excluding carboxylic acids is 2. The van der Waals surface area contributed by atoms with Crippen LogP contribution in [-0.4, -0.2) is 77.0 Å². The number of halogens is 2. The zero-order valence-corrected chi connectivity index (χ0v) is 29.1. The molecular weight excluding hydrogens is 679 g/mol. The van der Waals surface area contributed by atoms with Gasteiger partial charge >= 0.3 is 6.03 Å². The number of hydrogen-bond donors (Lipinski definition) is 4. The minimum absolute atomic E-state index is 0.0153. The molecular formula is C36H38Cl2N8O4. The van der Waals surface area contributed by atoms with Crippen LogP contribution in [0.2, 0.25) is 10.0 Å². The lowest BCUT2D eigenvalue weighted by molar-refractivity contribution is 0.0383. The summed E-state index contributed by atoms with van der Waals surface area (Å²) in [5, 5.41) is 16.6. The Morgan fingerprint density at radius 3 is 2.40 bits per heavy atom. The minimum Gasteiger partial charge on any atom is -0.382 e. The maximum atomic E-state index is 13.4. The number of aryl methyl sites for hydroxylation is 1. The molecule has 0 atom stereocenters. The smallest absolute Gasteiger partial charge is 0.323 e. The highest BCUT2D eigenvalue weighted by Crippen LogP contribution is 2.31. The predicted molar refractivity (Wildman–Crippen MR) is 197 cm³/mol. The van der Waals surface area contributed by atoms with Crippen molar-refractivity contribution in [3.05, 3.63) is 99.0 Å². The van der Waals surface area contributed by atoms with Gasteiger partial charge < -0.3 is 26.0 Å². The van der Waals surface area contributed by atoms with Crippen LogP contribution in [0, 0.1) is 0 Å². The molecule has 0 unspecified atom stereocenters. The second kappa shape index (κ2) is 15.9. The SMILES string of the molecule is C=C(NC1CC1)c1cc(C(=O)NCCN2CCOCC2)cc(-c2cccc(-c3cc(NC(=O)Nc4c(Cl)cncc4Cl)c(=O)n(CC)n3)c2)c1. The van der Waals surface area contributed by atoms with Crippen LogP contribution < -0.4 is 26.8 Å². The minimum atomic E-state index is -0.710. The standard InChI is InChI=1S/C36H38Cl2N8O4/c1-3-46-35(48)32(42-36(49)43-33-29(37)20-39-21-30(33)38)19-31(44-46)24-6-4-5-23(15-24)26-16-25(22(2)41-28-7-8-28)17-27(18-26)34(47)40-9-10-45-11-13-50-14-12-45/h4-6,15-21,28,41H,2-3,7-14H2,1H3,(H,40,47)(H2,39,42,43,49). The van der Waals surface area contributed by atoms with Crippen molar-refractivity contribution in [2.75, 3.05) is 50.0 Å². The zero-order chi connectivity index (χ0) is 35.2. The average molecular weight is 718 g/mol. The van der Waals surface area contributed by atoms with Gasteiger partial charge in [0.05, 0.1) is 34.6 Å². The molecule has 2 fully saturated rings. The Morgan fingerprint density at radius 1 is 0.960 bits per heavy atom. The second-order valence-electron chi connectivity index (χ2n) is 12.1. The van der Waals surface area contributed by atoms with E-state index in [4.69, 9.17) is 27.9 Å². The number of pyridine rings is 1. The Kier molecular flexibility index (Phi) is 11.1. The molecule has 0 radical (unpaired) electrons. The fourth-order valence-corrected chi connectivity index (χ4v) is 6.01. The van der Waals surface area contributed by atoms with Crippen molar-refractivity contribution in [1.82, 2.24) is 30.3 Å². The molecule has 0 bridgehead atoms. The number of morpholine rings is 1. The van der Waals surface area contributed by atoms with Crippen LogP contribution in [0.15, 0.2) is 72.3 Å². The Hall–Kier alpha value is -4.75. The highest BCUT2D eigenvalue weighted by Gasteiger charge is 2.22. The van der Waals surface area contributed by atoms with Crippen LogP contribution in [0.4, 0.5) is 16.2 Å². The Balaban J connectivity index is 1.27. The van der Waals surface area contributed by atoms with Gasteiger partial charge in [-0.3, -0.25) is 19.5 Å². The molecule has 2 aromatic carbocycles. The van der Waals surface area contributed by atoms with E-state index in [1.54, 1.807) is 6.92 Å². The topological polar surface area (TPSA) is 143 Å². The van der Waals surface area contributed by atoms with Crippen molar-refractivity contribution in [3.8, 4) is 22.4 Å². The summed E-state index contributed by atoms with van der Waals surface area (Å²) in [5.74, 6) is -0.170. The third kappa shape index (κ3) is 8.69. The number of nitrogens with zero attached hydrogens (tertiary/aromatic N) is 4. The summed E-state index contributed by atoms with van der Waals surface area (Å²) in [4.78, 5) is 45.7. The van der Waals surface area contributed by atoms with Gasteiger partial charge in [-0.1, -0.05) is 48.0 Å². The number of ether oxygens (including phenoxy) is 1. The third-order valence-corrected chi connectivity index (χ3v) is 9.00. The van der Waals surface area contributed by atoms with Gasteiger partial charge in [-0.15, -0.1) is 0 Å². The van der Waals surface area contributed by atoms with Crippen molar-refractivity contribution in [2.45, 2.75) is 32.4 Å². The summed E-state index contributed by atoms with van der Waals surface area (Å²) >= 11 is 12.3. The first kappa shape index (κ1) is 35.1. The molecule has 50 heavy (non-hydrogen) atoms. The lowest BCUT2D eigenvalue weighted by Gasteiger charge is -2.26. The summed E-state index contributed by atoms with van der Waals surface area (Å²) in [6.45, 7) is 10.7. The van der Waals surface area contributed by atoms with Gasteiger partial charge in [-0.25, -0.2) is 9.48 Å². The number of nitrogens with one attached hydrogen (secondary N) is 4. The number of anilines is 2. The summed E-state index contributed by atoms with van der Waals surface area (Å²) in [5.41, 5.74) is 4.61. The van der Waals surface area contributed by atoms with E-state index in [-0.39, 0.29) is 33.9 Å². The molecule has 1 saturated heterocycles. The molecule has 3 amide bonds. The van der Waals surface area contributed by atoms with Gasteiger partial charge in [0.15, 0.2) is 0 Å². The molecule has 1 aliphatic carbocycles. The van der Waals surface area contributed by atoms with Crippen LogP contribution in [0.5, 0.6) is 0 Å². The molecule has 14 heteroatoms. The van der Waals surface area contributed by atoms with E-state index < -0.39 is 11.6 Å². The zero-order valence-electron chi connectivity index (χ0n) is 27.6. The van der Waals surface area contributed by atoms with E-state index in [0.29, 0.717) is 42.6 Å². The number of aromatic nitrogens is 3. The molecule has 4 aromatic rings. The van der Waals surface area contributed by atoms with Crippen molar-refractivity contribution in [2.24, 2.45) is 0 Å². The van der Waals surface area contributed by atoms with Gasteiger partial charge in [-0.2, -0.15) is 5.10 Å². The summed E-state index contributed by atoms with van der Waals surface area (Å²) in [7, 11) is 0. The van der Waals surface area contributed by atoms with Gasteiger partial charge in [0, 0.05) is 68.0 Å². The number of benzene rings is 2. The Labute approximate surface area is 299 Å². The highest BCUT2D eigenvalue weighted by atomic mass is 35.5. The maximum Gasteiger partial charge on any atom is 0.323 e. The molecule has 0 spiro atoms. The largest absolute Gasteiger partial charge is 0.382 e. The maximum absolute atomic E-state index is 13.4. The molecule has 6 rings (SSSR count). The first-order valence-electron chi connectivity index (χ1n) is 16.5. The monoisotopic (exact) mass is 716 g/mol. The van der Waals surface area contributed by atoms with E-state index >= 15 is 0 Å². The fraction of sp³-hybridized carbons (Fsp3) is 0.306. The Bertz CT molecular complexity index is 1950. The summed E-state index contributed by atoms with van der Waals surface area (Å²) in [6, 6.07) is 14.6. The number of hydrogen-bond acceptors (Lipinski definition) is 8. The number of carbonyl (C=O) groups is 2. The molecule has 260 valence electrons. The Morgan fingerprint density at radius 2 is 1.68 bits per heavy atom. The van der Waals surface area contributed by atoms with E-state index in [2.05, 4.69) is 42.8 Å². The van der Waals surface area contributed by atoms with E-state index in [9.17, 15) is 14.4 Å². The van der Waals surface area contributed by atoms with E-state index in [1.165, 1.54) is 23.1 Å². The normalized spacial score (nSPS) is 14.5. The van der Waals surface area contributed by atoms with Crippen molar-refractivity contribution in [1.29, 1.82) is 0 Å².